The number of pyridine rings is 1. The average molecular weight is 364 g/mol. The first-order valence-electron chi connectivity index (χ1n) is 9.23. The molecule has 7 nitrogen and oxygen atoms in total. The van der Waals surface area contributed by atoms with Crippen molar-refractivity contribution in [2.75, 3.05) is 33.2 Å². The van der Waals surface area contributed by atoms with Gasteiger partial charge in [-0.1, -0.05) is 29.4 Å². The minimum atomic E-state index is 0.660. The summed E-state index contributed by atoms with van der Waals surface area (Å²) < 4.78 is 4.92. The highest BCUT2D eigenvalue weighted by atomic mass is 16.5. The fourth-order valence-corrected chi connectivity index (χ4v) is 3.48. The van der Waals surface area contributed by atoms with Gasteiger partial charge in [-0.05, 0) is 11.5 Å². The van der Waals surface area contributed by atoms with E-state index in [1.807, 2.05) is 25.4 Å². The number of piperazine rings is 1. The molecular weight excluding hydrogens is 340 g/mol. The van der Waals surface area contributed by atoms with Crippen LogP contribution in [0.1, 0.15) is 11.4 Å². The van der Waals surface area contributed by atoms with Gasteiger partial charge in [0.2, 0.25) is 0 Å². The Balaban J connectivity index is 1.34. The Bertz CT molecular complexity index is 894. The van der Waals surface area contributed by atoms with E-state index in [0.717, 1.165) is 50.1 Å². The van der Waals surface area contributed by atoms with Gasteiger partial charge in [-0.15, -0.1) is 0 Å². The summed E-state index contributed by atoms with van der Waals surface area (Å²) in [6.07, 6.45) is 3.49. The van der Waals surface area contributed by atoms with Crippen LogP contribution in [-0.2, 0) is 13.1 Å². The van der Waals surface area contributed by atoms with Crippen LogP contribution in [0, 0.1) is 0 Å². The maximum Gasteiger partial charge on any atom is 0.194 e. The van der Waals surface area contributed by atoms with Crippen molar-refractivity contribution in [3.63, 3.8) is 0 Å². The number of benzene rings is 1. The summed E-state index contributed by atoms with van der Waals surface area (Å²) in [5, 5.41) is 9.86. The van der Waals surface area contributed by atoms with Crippen LogP contribution in [0.3, 0.4) is 0 Å². The van der Waals surface area contributed by atoms with E-state index in [1.165, 1.54) is 10.8 Å². The lowest BCUT2D eigenvalue weighted by Gasteiger charge is -2.36. The molecule has 0 bridgehead atoms. The molecule has 1 aliphatic rings. The second kappa shape index (κ2) is 8.18. The fourth-order valence-electron chi connectivity index (χ4n) is 3.48. The van der Waals surface area contributed by atoms with Crippen LogP contribution in [0.25, 0.3) is 10.8 Å². The first-order valence-corrected chi connectivity index (χ1v) is 9.23. The van der Waals surface area contributed by atoms with E-state index < -0.39 is 0 Å². The molecule has 1 aromatic carbocycles. The van der Waals surface area contributed by atoms with Gasteiger partial charge >= 0.3 is 0 Å². The van der Waals surface area contributed by atoms with Gasteiger partial charge in [0, 0.05) is 57.4 Å². The van der Waals surface area contributed by atoms with Gasteiger partial charge in [-0.2, -0.15) is 0 Å². The Labute approximate surface area is 158 Å². The Morgan fingerprint density at radius 3 is 2.78 bits per heavy atom. The van der Waals surface area contributed by atoms with Crippen molar-refractivity contribution in [3.05, 3.63) is 60.2 Å². The molecule has 140 valence electrons. The molecule has 0 unspecified atom stereocenters. The lowest BCUT2D eigenvalue weighted by molar-refractivity contribution is 0.169. The van der Waals surface area contributed by atoms with E-state index in [1.54, 1.807) is 6.26 Å². The van der Waals surface area contributed by atoms with Gasteiger partial charge in [0.05, 0.1) is 17.9 Å². The molecule has 0 atom stereocenters. The van der Waals surface area contributed by atoms with Gasteiger partial charge in [-0.3, -0.25) is 14.9 Å². The van der Waals surface area contributed by atoms with Crippen LogP contribution < -0.4 is 5.32 Å². The quantitative estimate of drug-likeness (QED) is 0.565. The second-order valence-electron chi connectivity index (χ2n) is 6.63. The molecule has 0 radical (unpaired) electrons. The molecule has 0 saturated carbocycles. The summed E-state index contributed by atoms with van der Waals surface area (Å²) in [6.45, 7) is 5.30. The smallest absolute Gasteiger partial charge is 0.194 e. The number of aliphatic imine (C=N–C) groups is 1. The number of nitrogens with one attached hydrogen (secondary N) is 1. The third-order valence-electron chi connectivity index (χ3n) is 4.93. The largest absolute Gasteiger partial charge is 0.364 e. The number of rotatable bonds is 4. The number of hydrogen-bond donors (Lipinski definition) is 1. The highest BCUT2D eigenvalue weighted by Gasteiger charge is 2.20. The highest BCUT2D eigenvalue weighted by Crippen LogP contribution is 2.16. The van der Waals surface area contributed by atoms with Crippen LogP contribution in [-0.4, -0.2) is 59.1 Å². The first-order chi connectivity index (χ1) is 13.3. The molecule has 4 rings (SSSR count). The average Bonchev–Trinajstić information content (AvgIpc) is 3.23. The molecule has 2 aromatic heterocycles. The number of guanidine groups is 1. The van der Waals surface area contributed by atoms with Crippen LogP contribution in [0.4, 0.5) is 0 Å². The Hall–Kier alpha value is -2.93. The predicted octanol–water partition coefficient (Wildman–Crippen LogP) is 2.12. The van der Waals surface area contributed by atoms with Crippen molar-refractivity contribution in [2.24, 2.45) is 4.99 Å². The zero-order valence-electron chi connectivity index (χ0n) is 15.5. The molecule has 1 aliphatic heterocycles. The van der Waals surface area contributed by atoms with Crippen molar-refractivity contribution >= 4 is 16.7 Å². The summed E-state index contributed by atoms with van der Waals surface area (Å²) in [4.78, 5) is 13.7. The highest BCUT2D eigenvalue weighted by molar-refractivity contribution is 5.85. The number of fused-ring (bicyclic) bond motifs is 1. The summed E-state index contributed by atoms with van der Waals surface area (Å²) in [6, 6.07) is 12.3. The second-order valence-corrected chi connectivity index (χ2v) is 6.63. The van der Waals surface area contributed by atoms with Crippen molar-refractivity contribution < 1.29 is 4.52 Å². The third kappa shape index (κ3) is 4.09. The predicted molar refractivity (Wildman–Crippen MR) is 105 cm³/mol. The molecule has 3 aromatic rings. The van der Waals surface area contributed by atoms with Crippen molar-refractivity contribution in [2.45, 2.75) is 13.1 Å². The van der Waals surface area contributed by atoms with Gasteiger partial charge in [0.25, 0.3) is 0 Å². The molecule has 1 saturated heterocycles. The lowest BCUT2D eigenvalue weighted by Crippen LogP contribution is -2.52. The lowest BCUT2D eigenvalue weighted by atomic mass is 10.1. The Morgan fingerprint density at radius 1 is 1.15 bits per heavy atom. The van der Waals surface area contributed by atoms with Crippen LogP contribution in [0.5, 0.6) is 0 Å². The number of aromatic nitrogens is 2. The summed E-state index contributed by atoms with van der Waals surface area (Å²) in [7, 11) is 1.83. The monoisotopic (exact) mass is 364 g/mol. The third-order valence-corrected chi connectivity index (χ3v) is 4.93. The van der Waals surface area contributed by atoms with Crippen LogP contribution >= 0.6 is 0 Å². The maximum atomic E-state index is 4.92. The minimum Gasteiger partial charge on any atom is -0.364 e. The van der Waals surface area contributed by atoms with E-state index in [2.05, 4.69) is 54.5 Å². The van der Waals surface area contributed by atoms with E-state index in [-0.39, 0.29) is 0 Å². The van der Waals surface area contributed by atoms with E-state index >= 15 is 0 Å². The molecule has 0 aliphatic carbocycles. The van der Waals surface area contributed by atoms with Crippen LogP contribution in [0.15, 0.2) is 58.4 Å². The standard InChI is InChI=1S/C20H24N6O/c1-21-20(23-14-19-18-5-3-2-4-16(18)6-8-22-19)26-11-9-25(10-12-26)15-17-7-13-27-24-17/h2-8,13H,9-12,14-15H2,1H3,(H,21,23). The maximum absolute atomic E-state index is 4.92. The van der Waals surface area contributed by atoms with Gasteiger partial charge < -0.3 is 14.7 Å². The first kappa shape index (κ1) is 17.5. The molecule has 0 spiro atoms. The molecule has 27 heavy (non-hydrogen) atoms. The normalized spacial score (nSPS) is 16.0. The fraction of sp³-hybridized carbons (Fsp3) is 0.350. The topological polar surface area (TPSA) is 69.8 Å². The minimum absolute atomic E-state index is 0.660. The zero-order valence-corrected chi connectivity index (χ0v) is 15.5. The van der Waals surface area contributed by atoms with Gasteiger partial charge in [-0.25, -0.2) is 0 Å². The summed E-state index contributed by atoms with van der Waals surface area (Å²) in [5.74, 6) is 0.922. The van der Waals surface area contributed by atoms with Crippen molar-refractivity contribution in [3.8, 4) is 0 Å². The van der Waals surface area contributed by atoms with Crippen LogP contribution in [0.2, 0.25) is 0 Å². The van der Waals surface area contributed by atoms with Gasteiger partial charge in [0.1, 0.15) is 6.26 Å². The van der Waals surface area contributed by atoms with E-state index in [9.17, 15) is 0 Å². The number of hydrogen-bond acceptors (Lipinski definition) is 5. The number of nitrogens with zero attached hydrogens (tertiary/aromatic N) is 5. The molecule has 7 heteroatoms. The van der Waals surface area contributed by atoms with Crippen molar-refractivity contribution in [1.29, 1.82) is 0 Å². The summed E-state index contributed by atoms with van der Waals surface area (Å²) in [5.41, 5.74) is 2.02. The Kier molecular flexibility index (Phi) is 5.29. The molecule has 3 heterocycles. The molecular formula is C20H24N6O. The van der Waals surface area contributed by atoms with Crippen molar-refractivity contribution in [1.82, 2.24) is 25.3 Å². The Morgan fingerprint density at radius 2 is 2.00 bits per heavy atom. The van der Waals surface area contributed by atoms with Gasteiger partial charge in [0.15, 0.2) is 5.96 Å². The molecule has 1 N–H and O–H groups in total. The van der Waals surface area contributed by atoms with E-state index in [0.29, 0.717) is 6.54 Å². The molecule has 0 amide bonds. The summed E-state index contributed by atoms with van der Waals surface area (Å²) >= 11 is 0. The SMILES string of the molecule is CN=C(NCc1nccc2ccccc12)N1CCN(Cc2ccon2)CC1. The van der Waals surface area contributed by atoms with E-state index in [4.69, 9.17) is 4.52 Å². The zero-order chi connectivity index (χ0) is 18.5. The molecule has 1 fully saturated rings.